The number of rotatable bonds is 1. The van der Waals surface area contributed by atoms with Crippen LogP contribution in [0.4, 0.5) is 0 Å². The molecule has 2 aromatic rings. The van der Waals surface area contributed by atoms with Crippen molar-refractivity contribution in [3.8, 4) is 0 Å². The lowest BCUT2D eigenvalue weighted by Crippen LogP contribution is -2.21. The van der Waals surface area contributed by atoms with Crippen LogP contribution in [0.15, 0.2) is 29.3 Å². The number of sulfonamides is 1. The number of nitrogens with two attached hydrogens (primary N) is 2. The van der Waals surface area contributed by atoms with Crippen molar-refractivity contribution in [3.63, 3.8) is 0 Å². The van der Waals surface area contributed by atoms with Crippen molar-refractivity contribution in [2.45, 2.75) is 4.90 Å². The first-order chi connectivity index (χ1) is 7.39. The molecule has 0 aliphatic rings. The van der Waals surface area contributed by atoms with E-state index < -0.39 is 10.0 Å². The summed E-state index contributed by atoms with van der Waals surface area (Å²) < 4.78 is 23.6. The van der Waals surface area contributed by atoms with Crippen molar-refractivity contribution in [1.29, 1.82) is 5.41 Å². The first kappa shape index (κ1) is 10.6. The van der Waals surface area contributed by atoms with E-state index in [-0.39, 0.29) is 16.4 Å². The molecule has 0 aliphatic heterocycles. The number of aromatic nitrogens is 2. The summed E-state index contributed by atoms with van der Waals surface area (Å²) in [6.45, 7) is 0. The number of benzene rings is 1. The lowest BCUT2D eigenvalue weighted by Gasteiger charge is -1.97. The number of fused-ring (bicyclic) bond motifs is 1. The molecule has 1 aromatic carbocycles. The van der Waals surface area contributed by atoms with Crippen LogP contribution in [0.3, 0.4) is 0 Å². The van der Waals surface area contributed by atoms with Gasteiger partial charge in [0.1, 0.15) is 10.4 Å². The molecule has 1 heterocycles. The summed E-state index contributed by atoms with van der Waals surface area (Å²) in [5, 5.41) is 16.7. The van der Waals surface area contributed by atoms with E-state index in [4.69, 9.17) is 16.3 Å². The van der Waals surface area contributed by atoms with E-state index in [1.54, 1.807) is 12.1 Å². The molecular weight excluding hydrogens is 230 g/mol. The second kappa shape index (κ2) is 3.29. The molecule has 0 saturated carbocycles. The second-order valence-corrected chi connectivity index (χ2v) is 4.73. The van der Waals surface area contributed by atoms with Crippen LogP contribution in [0, 0.1) is 5.41 Å². The van der Waals surface area contributed by atoms with Crippen molar-refractivity contribution in [1.82, 2.24) is 9.78 Å². The molecule has 7 nitrogen and oxygen atoms in total. The first-order valence-electron chi connectivity index (χ1n) is 4.25. The van der Waals surface area contributed by atoms with Gasteiger partial charge in [0.2, 0.25) is 16.0 Å². The molecule has 0 saturated heterocycles. The number of nitrogen functional groups attached to an aromatic ring is 1. The molecule has 0 unspecified atom stereocenters. The van der Waals surface area contributed by atoms with E-state index in [0.717, 1.165) is 4.68 Å². The Morgan fingerprint density at radius 3 is 2.69 bits per heavy atom. The maximum absolute atomic E-state index is 11.3. The standard InChI is InChI=1S/C8H9N5O2S/c9-8(10)13-4-5-2-1-3-6(7(5)12-13)16(11,14)15/h1-4H,(H3,9,10)(H2,11,14,15). The fraction of sp³-hybridized carbons (Fsp3) is 0. The maximum atomic E-state index is 11.3. The zero-order valence-corrected chi connectivity index (χ0v) is 8.90. The largest absolute Gasteiger partial charge is 0.368 e. The summed E-state index contributed by atoms with van der Waals surface area (Å²) in [6, 6.07) is 4.57. The summed E-state index contributed by atoms with van der Waals surface area (Å²) in [4.78, 5) is -0.0787. The minimum absolute atomic E-state index is 0.0787. The molecule has 0 aliphatic carbocycles. The van der Waals surface area contributed by atoms with E-state index in [9.17, 15) is 8.42 Å². The topological polar surface area (TPSA) is 128 Å². The molecule has 84 valence electrons. The Balaban J connectivity index is 2.83. The van der Waals surface area contributed by atoms with Gasteiger partial charge < -0.3 is 5.73 Å². The summed E-state index contributed by atoms with van der Waals surface area (Å²) >= 11 is 0. The Morgan fingerprint density at radius 1 is 1.44 bits per heavy atom. The second-order valence-electron chi connectivity index (χ2n) is 3.20. The zero-order valence-electron chi connectivity index (χ0n) is 8.08. The van der Waals surface area contributed by atoms with Crippen LogP contribution in [0.1, 0.15) is 0 Å². The lowest BCUT2D eigenvalue weighted by molar-refractivity contribution is 0.598. The smallest absolute Gasteiger partial charge is 0.240 e. The molecule has 0 atom stereocenters. The Bertz CT molecular complexity index is 673. The van der Waals surface area contributed by atoms with E-state index in [2.05, 4.69) is 5.10 Å². The Labute approximate surface area is 91.2 Å². The fourth-order valence-corrected chi connectivity index (χ4v) is 2.07. The number of primary sulfonamides is 1. The van der Waals surface area contributed by atoms with Gasteiger partial charge in [-0.3, -0.25) is 5.41 Å². The molecule has 1 aromatic heterocycles. The van der Waals surface area contributed by atoms with Gasteiger partial charge in [-0.2, -0.15) is 5.10 Å². The van der Waals surface area contributed by atoms with Gasteiger partial charge in [0.25, 0.3) is 0 Å². The molecular formula is C8H9N5O2S. The predicted molar refractivity (Wildman–Crippen MR) is 58.4 cm³/mol. The maximum Gasteiger partial charge on any atom is 0.240 e. The number of hydrogen-bond acceptors (Lipinski definition) is 4. The summed E-state index contributed by atoms with van der Waals surface area (Å²) in [6.07, 6.45) is 1.46. The van der Waals surface area contributed by atoms with Crippen molar-refractivity contribution in [2.75, 3.05) is 0 Å². The number of nitrogens with zero attached hydrogens (tertiary/aromatic N) is 2. The van der Waals surface area contributed by atoms with Crippen molar-refractivity contribution in [3.05, 3.63) is 24.4 Å². The first-order valence-corrected chi connectivity index (χ1v) is 5.80. The summed E-state index contributed by atoms with van der Waals surface area (Å²) in [7, 11) is -3.83. The molecule has 0 fully saturated rings. The van der Waals surface area contributed by atoms with Crippen LogP contribution in [0.2, 0.25) is 0 Å². The quantitative estimate of drug-likeness (QED) is 0.454. The van der Waals surface area contributed by atoms with E-state index >= 15 is 0 Å². The molecule has 16 heavy (non-hydrogen) atoms. The van der Waals surface area contributed by atoms with Crippen LogP contribution >= 0.6 is 0 Å². The molecule has 0 amide bonds. The molecule has 0 radical (unpaired) electrons. The SMILES string of the molecule is N=C(N)n1cc2cccc(S(N)(=O)=O)c2n1. The molecule has 0 spiro atoms. The van der Waals surface area contributed by atoms with Gasteiger partial charge in [-0.1, -0.05) is 12.1 Å². The third kappa shape index (κ3) is 1.64. The van der Waals surface area contributed by atoms with Gasteiger partial charge in [0.15, 0.2) is 0 Å². The highest BCUT2D eigenvalue weighted by molar-refractivity contribution is 7.89. The van der Waals surface area contributed by atoms with Crippen molar-refractivity contribution < 1.29 is 8.42 Å². The van der Waals surface area contributed by atoms with Crippen LogP contribution < -0.4 is 10.9 Å². The third-order valence-electron chi connectivity index (χ3n) is 2.05. The Morgan fingerprint density at radius 2 is 2.12 bits per heavy atom. The van der Waals surface area contributed by atoms with E-state index in [0.29, 0.717) is 5.39 Å². The zero-order chi connectivity index (χ0) is 11.9. The highest BCUT2D eigenvalue weighted by atomic mass is 32.2. The molecule has 2 rings (SSSR count). The highest BCUT2D eigenvalue weighted by Crippen LogP contribution is 2.19. The van der Waals surface area contributed by atoms with Gasteiger partial charge in [-0.25, -0.2) is 18.2 Å². The van der Waals surface area contributed by atoms with Gasteiger partial charge >= 0.3 is 0 Å². The third-order valence-corrected chi connectivity index (χ3v) is 3.00. The molecule has 0 bridgehead atoms. The fourth-order valence-electron chi connectivity index (χ4n) is 1.37. The van der Waals surface area contributed by atoms with Crippen LogP contribution in [-0.2, 0) is 10.0 Å². The van der Waals surface area contributed by atoms with E-state index in [1.165, 1.54) is 12.3 Å². The van der Waals surface area contributed by atoms with Crippen LogP contribution in [-0.4, -0.2) is 24.2 Å². The number of nitrogens with one attached hydrogen (secondary N) is 1. The van der Waals surface area contributed by atoms with E-state index in [1.807, 2.05) is 0 Å². The molecule has 5 N–H and O–H groups in total. The van der Waals surface area contributed by atoms with Crippen LogP contribution in [0.5, 0.6) is 0 Å². The summed E-state index contributed by atoms with van der Waals surface area (Å²) in [5.74, 6) is -0.295. The monoisotopic (exact) mass is 239 g/mol. The Kier molecular flexibility index (Phi) is 2.17. The minimum atomic E-state index is -3.83. The lowest BCUT2D eigenvalue weighted by atomic mass is 10.3. The van der Waals surface area contributed by atoms with Gasteiger partial charge in [-0.05, 0) is 6.07 Å². The average Bonchev–Trinajstić information content (AvgIpc) is 2.58. The highest BCUT2D eigenvalue weighted by Gasteiger charge is 2.15. The predicted octanol–water partition coefficient (Wildman–Crippen LogP) is -0.575. The summed E-state index contributed by atoms with van der Waals surface area (Å²) in [5.41, 5.74) is 5.45. The molecule has 8 heteroatoms. The minimum Gasteiger partial charge on any atom is -0.368 e. The average molecular weight is 239 g/mol. The van der Waals surface area contributed by atoms with Gasteiger partial charge in [0.05, 0.1) is 0 Å². The van der Waals surface area contributed by atoms with Crippen molar-refractivity contribution >= 4 is 26.9 Å². The van der Waals surface area contributed by atoms with Gasteiger partial charge in [0, 0.05) is 11.6 Å². The van der Waals surface area contributed by atoms with Crippen LogP contribution in [0.25, 0.3) is 10.9 Å². The Hall–Kier alpha value is -1.93. The van der Waals surface area contributed by atoms with Crippen molar-refractivity contribution in [2.24, 2.45) is 10.9 Å². The number of hydrogen-bond donors (Lipinski definition) is 3. The van der Waals surface area contributed by atoms with Gasteiger partial charge in [-0.15, -0.1) is 0 Å². The normalized spacial score (nSPS) is 11.8.